The maximum Gasteiger partial charge on any atom is 0.205 e. The molecule has 4 rings (SSSR count). The first-order valence-corrected chi connectivity index (χ1v) is 9.94. The summed E-state index contributed by atoms with van der Waals surface area (Å²) in [6.45, 7) is 0. The molecule has 152 valence electrons. The lowest BCUT2D eigenvalue weighted by atomic mass is 9.77. The molecule has 0 radical (unpaired) electrons. The number of hydrogen-bond acceptors (Lipinski definition) is 5. The number of nitrogens with zero attached hydrogens (tertiary/aromatic N) is 1. The second kappa shape index (κ2) is 8.38. The summed E-state index contributed by atoms with van der Waals surface area (Å²) in [4.78, 5) is 0. The van der Waals surface area contributed by atoms with Crippen LogP contribution in [0.4, 0.5) is 0 Å². The Morgan fingerprint density at radius 3 is 2.23 bits per heavy atom. The summed E-state index contributed by atoms with van der Waals surface area (Å²) >= 11 is 0. The predicted molar refractivity (Wildman–Crippen MR) is 115 cm³/mol. The molecule has 1 aliphatic heterocycles. The first kappa shape index (κ1) is 19.7. The zero-order chi connectivity index (χ0) is 21.1. The van der Waals surface area contributed by atoms with Gasteiger partial charge in [-0.2, -0.15) is 5.26 Å². The highest BCUT2D eigenvalue weighted by atomic mass is 16.5. The standard InChI is InChI=1S/C25H24N2O3/c1-28-19-10-6-16(7-11-19)14-18-4-3-5-21-23(17-8-12-20(29-2)13-9-17)22(15-26)25(27)30-24(18)21/h6-14,23H,3-5,27H2,1-2H3. The van der Waals surface area contributed by atoms with E-state index >= 15 is 0 Å². The van der Waals surface area contributed by atoms with Crippen molar-refractivity contribution in [3.8, 4) is 17.6 Å². The molecule has 5 nitrogen and oxygen atoms in total. The molecule has 0 saturated heterocycles. The minimum absolute atomic E-state index is 0.180. The van der Waals surface area contributed by atoms with Crippen LogP contribution in [0.25, 0.3) is 6.08 Å². The van der Waals surface area contributed by atoms with Gasteiger partial charge < -0.3 is 19.9 Å². The fraction of sp³-hybridized carbons (Fsp3) is 0.240. The summed E-state index contributed by atoms with van der Waals surface area (Å²) in [5, 5.41) is 9.79. The van der Waals surface area contributed by atoms with E-state index in [9.17, 15) is 5.26 Å². The van der Waals surface area contributed by atoms with Gasteiger partial charge >= 0.3 is 0 Å². The molecule has 1 heterocycles. The average molecular weight is 400 g/mol. The number of nitriles is 1. The third kappa shape index (κ3) is 3.65. The maximum atomic E-state index is 9.79. The molecule has 0 amide bonds. The first-order valence-electron chi connectivity index (χ1n) is 9.94. The van der Waals surface area contributed by atoms with E-state index in [4.69, 9.17) is 19.9 Å². The Kier molecular flexibility index (Phi) is 5.49. The zero-order valence-electron chi connectivity index (χ0n) is 17.1. The highest BCUT2D eigenvalue weighted by Crippen LogP contribution is 2.47. The SMILES string of the molecule is COc1ccc(C=C2CCCC3=C2OC(N)=C(C#N)C3c2ccc(OC)cc2)cc1. The summed E-state index contributed by atoms with van der Waals surface area (Å²) in [7, 11) is 3.29. The largest absolute Gasteiger partial charge is 0.497 e. The molecule has 0 aromatic heterocycles. The van der Waals surface area contributed by atoms with Crippen LogP contribution in [0.2, 0.25) is 0 Å². The van der Waals surface area contributed by atoms with Gasteiger partial charge in [0.25, 0.3) is 0 Å². The van der Waals surface area contributed by atoms with Gasteiger partial charge in [0.2, 0.25) is 5.88 Å². The molecule has 2 N–H and O–H groups in total. The smallest absolute Gasteiger partial charge is 0.205 e. The fourth-order valence-electron chi connectivity index (χ4n) is 4.11. The molecule has 0 spiro atoms. The van der Waals surface area contributed by atoms with Crippen molar-refractivity contribution in [2.45, 2.75) is 25.2 Å². The van der Waals surface area contributed by atoms with Crippen LogP contribution in [0, 0.1) is 11.3 Å². The summed E-state index contributed by atoms with van der Waals surface area (Å²) in [6.07, 6.45) is 4.89. The van der Waals surface area contributed by atoms with Crippen LogP contribution < -0.4 is 15.2 Å². The van der Waals surface area contributed by atoms with Crippen molar-refractivity contribution in [2.75, 3.05) is 14.2 Å². The maximum absolute atomic E-state index is 9.79. The number of methoxy groups -OCH3 is 2. The second-order valence-corrected chi connectivity index (χ2v) is 7.35. The Labute approximate surface area is 176 Å². The van der Waals surface area contributed by atoms with Crippen molar-refractivity contribution in [1.82, 2.24) is 0 Å². The highest BCUT2D eigenvalue weighted by molar-refractivity contribution is 5.62. The van der Waals surface area contributed by atoms with Crippen LogP contribution in [-0.2, 0) is 4.74 Å². The Balaban J connectivity index is 1.78. The third-order valence-corrected chi connectivity index (χ3v) is 5.62. The number of ether oxygens (including phenoxy) is 3. The predicted octanol–water partition coefficient (Wildman–Crippen LogP) is 5.03. The Hall–Kier alpha value is -3.65. The van der Waals surface area contributed by atoms with Crippen molar-refractivity contribution in [3.05, 3.63) is 88.0 Å². The van der Waals surface area contributed by atoms with E-state index in [1.54, 1.807) is 14.2 Å². The summed E-state index contributed by atoms with van der Waals surface area (Å²) < 4.78 is 16.5. The van der Waals surface area contributed by atoms with Crippen LogP contribution in [-0.4, -0.2) is 14.2 Å². The molecule has 30 heavy (non-hydrogen) atoms. The van der Waals surface area contributed by atoms with Gasteiger partial charge in [-0.05, 0) is 71.9 Å². The van der Waals surface area contributed by atoms with Crippen LogP contribution >= 0.6 is 0 Å². The van der Waals surface area contributed by atoms with E-state index < -0.39 is 0 Å². The quantitative estimate of drug-likeness (QED) is 0.778. The van der Waals surface area contributed by atoms with Gasteiger partial charge in [0.05, 0.1) is 14.2 Å². The normalized spacial score (nSPS) is 19.8. The van der Waals surface area contributed by atoms with Crippen molar-refractivity contribution in [3.63, 3.8) is 0 Å². The number of allylic oxidation sites excluding steroid dienone is 3. The topological polar surface area (TPSA) is 77.5 Å². The molecule has 2 aromatic rings. The van der Waals surface area contributed by atoms with Crippen LogP contribution in [0.1, 0.15) is 36.3 Å². The fourth-order valence-corrected chi connectivity index (χ4v) is 4.11. The lowest BCUT2D eigenvalue weighted by Crippen LogP contribution is -2.23. The molecule has 1 aliphatic carbocycles. The highest BCUT2D eigenvalue weighted by Gasteiger charge is 2.35. The van der Waals surface area contributed by atoms with Gasteiger partial charge in [-0.3, -0.25) is 0 Å². The van der Waals surface area contributed by atoms with Crippen LogP contribution in [0.5, 0.6) is 11.5 Å². The molecular formula is C25H24N2O3. The summed E-state index contributed by atoms with van der Waals surface area (Å²) in [5.41, 5.74) is 11.0. The van der Waals surface area contributed by atoms with Gasteiger partial charge in [-0.25, -0.2) is 0 Å². The number of nitrogens with two attached hydrogens (primary N) is 1. The van der Waals surface area contributed by atoms with Crippen molar-refractivity contribution in [1.29, 1.82) is 5.26 Å². The molecule has 5 heteroatoms. The van der Waals surface area contributed by atoms with Gasteiger partial charge in [-0.15, -0.1) is 0 Å². The van der Waals surface area contributed by atoms with Gasteiger partial charge in [0.15, 0.2) is 0 Å². The van der Waals surface area contributed by atoms with Gasteiger partial charge in [0, 0.05) is 5.92 Å². The lowest BCUT2D eigenvalue weighted by Gasteiger charge is -2.33. The number of hydrogen-bond donors (Lipinski definition) is 1. The van der Waals surface area contributed by atoms with Crippen LogP contribution in [0.3, 0.4) is 0 Å². The van der Waals surface area contributed by atoms with E-state index in [0.717, 1.165) is 58.8 Å². The summed E-state index contributed by atoms with van der Waals surface area (Å²) in [5.74, 6) is 2.37. The molecule has 0 fully saturated rings. The molecule has 1 atom stereocenters. The van der Waals surface area contributed by atoms with Crippen molar-refractivity contribution >= 4 is 6.08 Å². The Morgan fingerprint density at radius 2 is 1.63 bits per heavy atom. The Morgan fingerprint density at radius 1 is 1.00 bits per heavy atom. The van der Waals surface area contributed by atoms with Crippen molar-refractivity contribution < 1.29 is 14.2 Å². The number of rotatable bonds is 4. The van der Waals surface area contributed by atoms with Gasteiger partial charge in [0.1, 0.15) is 28.9 Å². The zero-order valence-corrected chi connectivity index (χ0v) is 17.1. The lowest BCUT2D eigenvalue weighted by molar-refractivity contribution is 0.277. The summed E-state index contributed by atoms with van der Waals surface area (Å²) in [6, 6.07) is 18.0. The monoisotopic (exact) mass is 400 g/mol. The molecule has 2 aromatic carbocycles. The van der Waals surface area contributed by atoms with Crippen molar-refractivity contribution in [2.24, 2.45) is 5.73 Å². The Bertz CT molecular complexity index is 1070. The minimum atomic E-state index is -0.204. The van der Waals surface area contributed by atoms with E-state index in [1.807, 2.05) is 48.5 Å². The van der Waals surface area contributed by atoms with E-state index in [1.165, 1.54) is 0 Å². The molecule has 1 unspecified atom stereocenters. The van der Waals surface area contributed by atoms with E-state index in [0.29, 0.717) is 5.57 Å². The molecular weight excluding hydrogens is 376 g/mol. The third-order valence-electron chi connectivity index (χ3n) is 5.62. The molecule has 0 saturated carbocycles. The molecule has 0 bridgehead atoms. The minimum Gasteiger partial charge on any atom is -0.497 e. The van der Waals surface area contributed by atoms with E-state index in [2.05, 4.69) is 12.1 Å². The average Bonchev–Trinajstić information content (AvgIpc) is 2.79. The van der Waals surface area contributed by atoms with Crippen LogP contribution in [0.15, 0.2) is 76.9 Å². The second-order valence-electron chi connectivity index (χ2n) is 7.35. The van der Waals surface area contributed by atoms with Gasteiger partial charge in [-0.1, -0.05) is 24.3 Å². The molecule has 2 aliphatic rings. The number of benzene rings is 2. The van der Waals surface area contributed by atoms with E-state index in [-0.39, 0.29) is 11.8 Å². The first-order chi connectivity index (χ1) is 14.6.